The van der Waals surface area contributed by atoms with Crippen molar-refractivity contribution in [3.63, 3.8) is 0 Å². The second-order valence-electron chi connectivity index (χ2n) is 8.96. The average molecular weight is 512 g/mol. The summed E-state index contributed by atoms with van der Waals surface area (Å²) >= 11 is 0. The van der Waals surface area contributed by atoms with Gasteiger partial charge in [-0.25, -0.2) is 4.68 Å². The monoisotopic (exact) mass is 511 g/mol. The van der Waals surface area contributed by atoms with Crippen molar-refractivity contribution in [1.29, 1.82) is 0 Å². The van der Waals surface area contributed by atoms with Crippen molar-refractivity contribution < 1.29 is 19.0 Å². The van der Waals surface area contributed by atoms with Crippen LogP contribution in [0.25, 0.3) is 0 Å². The molecule has 1 aromatic heterocycles. The van der Waals surface area contributed by atoms with Crippen LogP contribution in [0.4, 0.5) is 11.6 Å². The molecule has 0 radical (unpaired) electrons. The Bertz CT molecular complexity index is 1480. The highest BCUT2D eigenvalue weighted by Gasteiger charge is 2.33. The lowest BCUT2D eigenvalue weighted by Gasteiger charge is -2.29. The molecule has 9 heteroatoms. The Labute approximate surface area is 221 Å². The maximum Gasteiger partial charge on any atom is 0.255 e. The van der Waals surface area contributed by atoms with Crippen molar-refractivity contribution in [2.24, 2.45) is 0 Å². The lowest BCUT2D eigenvalue weighted by molar-refractivity contribution is -0.113. The van der Waals surface area contributed by atoms with E-state index in [9.17, 15) is 4.79 Å². The van der Waals surface area contributed by atoms with Gasteiger partial charge in [-0.1, -0.05) is 42.0 Å². The third kappa shape index (κ3) is 5.04. The number of methoxy groups -OCH3 is 2. The minimum absolute atomic E-state index is 0.288. The van der Waals surface area contributed by atoms with Crippen LogP contribution in [0.5, 0.6) is 17.2 Å². The topological polar surface area (TPSA) is 99.5 Å². The number of hydrogen-bond donors (Lipinski definition) is 2. The number of allylic oxidation sites excluding steroid dienone is 1. The summed E-state index contributed by atoms with van der Waals surface area (Å²) < 4.78 is 18.4. The number of ether oxygens (including phenoxy) is 3. The fourth-order valence-corrected chi connectivity index (χ4v) is 4.38. The fraction of sp³-hybridized carbons (Fsp3) is 0.207. The first-order chi connectivity index (χ1) is 18.5. The highest BCUT2D eigenvalue weighted by Crippen LogP contribution is 2.37. The number of nitrogens with zero attached hydrogens (tertiary/aromatic N) is 3. The van der Waals surface area contributed by atoms with Gasteiger partial charge in [0.1, 0.15) is 36.2 Å². The molecule has 9 nitrogen and oxygen atoms in total. The number of benzene rings is 3. The molecule has 5 rings (SSSR count). The first kappa shape index (κ1) is 24.9. The first-order valence-electron chi connectivity index (χ1n) is 12.2. The summed E-state index contributed by atoms with van der Waals surface area (Å²) in [5.41, 5.74) is 4.89. The Morgan fingerprint density at radius 1 is 0.974 bits per heavy atom. The summed E-state index contributed by atoms with van der Waals surface area (Å²) in [4.78, 5) is 18.0. The van der Waals surface area contributed by atoms with Gasteiger partial charge in [0.05, 0.1) is 25.5 Å². The van der Waals surface area contributed by atoms with Crippen molar-refractivity contribution in [3.05, 3.63) is 101 Å². The van der Waals surface area contributed by atoms with Crippen LogP contribution in [0.2, 0.25) is 0 Å². The number of carbonyl (C=O) groups is 1. The van der Waals surface area contributed by atoms with Crippen LogP contribution in [0.1, 0.15) is 29.7 Å². The molecule has 0 spiro atoms. The predicted molar refractivity (Wildman–Crippen MR) is 145 cm³/mol. The van der Waals surface area contributed by atoms with Gasteiger partial charge in [-0.05, 0) is 49.2 Å². The van der Waals surface area contributed by atoms with Gasteiger partial charge >= 0.3 is 0 Å². The van der Waals surface area contributed by atoms with Crippen molar-refractivity contribution in [2.45, 2.75) is 26.5 Å². The largest absolute Gasteiger partial charge is 0.497 e. The zero-order chi connectivity index (χ0) is 26.6. The van der Waals surface area contributed by atoms with E-state index >= 15 is 0 Å². The molecule has 0 bridgehead atoms. The number of amides is 1. The average Bonchev–Trinajstić information content (AvgIpc) is 3.40. The summed E-state index contributed by atoms with van der Waals surface area (Å²) in [7, 11) is 3.12. The normalized spacial score (nSPS) is 14.4. The second kappa shape index (κ2) is 10.7. The third-order valence-electron chi connectivity index (χ3n) is 6.42. The molecule has 3 aromatic carbocycles. The molecule has 1 unspecified atom stereocenters. The fourth-order valence-electron chi connectivity index (χ4n) is 4.38. The number of rotatable bonds is 8. The Hall–Kier alpha value is -4.79. The van der Waals surface area contributed by atoms with E-state index in [1.807, 2.05) is 31.2 Å². The van der Waals surface area contributed by atoms with E-state index in [1.54, 1.807) is 37.1 Å². The lowest BCUT2D eigenvalue weighted by atomic mass is 9.95. The number of carbonyl (C=O) groups excluding carboxylic acids is 1. The van der Waals surface area contributed by atoms with Gasteiger partial charge in [-0.15, -0.1) is 0 Å². The number of anilines is 2. The molecule has 1 aliphatic heterocycles. The number of nitrogens with one attached hydrogen (secondary N) is 2. The van der Waals surface area contributed by atoms with Crippen LogP contribution in [0.15, 0.2) is 84.3 Å². The molecule has 1 aliphatic rings. The first-order valence-corrected chi connectivity index (χ1v) is 12.2. The Morgan fingerprint density at radius 3 is 2.42 bits per heavy atom. The summed E-state index contributed by atoms with van der Waals surface area (Å²) in [5, 5.41) is 10.6. The zero-order valence-electron chi connectivity index (χ0n) is 21.7. The summed E-state index contributed by atoms with van der Waals surface area (Å²) in [5.74, 6) is 2.13. The molecule has 4 aromatic rings. The summed E-state index contributed by atoms with van der Waals surface area (Å²) in [6, 6.07) is 20.7. The molecule has 2 heterocycles. The molecular weight excluding hydrogens is 482 g/mol. The quantitative estimate of drug-likeness (QED) is 0.339. The molecule has 1 atom stereocenters. The molecule has 0 fully saturated rings. The molecule has 0 aliphatic carbocycles. The van der Waals surface area contributed by atoms with Crippen molar-refractivity contribution in [2.75, 3.05) is 24.9 Å². The Kier molecular flexibility index (Phi) is 6.99. The highest BCUT2D eigenvalue weighted by atomic mass is 16.5. The van der Waals surface area contributed by atoms with Crippen LogP contribution in [0, 0.1) is 6.92 Å². The van der Waals surface area contributed by atoms with Gasteiger partial charge in [0.15, 0.2) is 0 Å². The molecule has 2 N–H and O–H groups in total. The van der Waals surface area contributed by atoms with Gasteiger partial charge in [0.2, 0.25) is 5.95 Å². The number of fused-ring (bicyclic) bond motifs is 1. The Balaban J connectivity index is 1.41. The molecular formula is C29H29N5O4. The minimum Gasteiger partial charge on any atom is -0.497 e. The predicted octanol–water partition coefficient (Wildman–Crippen LogP) is 5.11. The molecule has 38 heavy (non-hydrogen) atoms. The van der Waals surface area contributed by atoms with Gasteiger partial charge in [-0.3, -0.25) is 4.79 Å². The van der Waals surface area contributed by atoms with E-state index < -0.39 is 6.04 Å². The molecule has 0 saturated heterocycles. The summed E-state index contributed by atoms with van der Waals surface area (Å²) in [6.45, 7) is 4.38. The maximum absolute atomic E-state index is 13.7. The van der Waals surface area contributed by atoms with Gasteiger partial charge in [-0.2, -0.15) is 10.1 Å². The van der Waals surface area contributed by atoms with Crippen LogP contribution in [0.3, 0.4) is 0 Å². The van der Waals surface area contributed by atoms with Crippen molar-refractivity contribution in [1.82, 2.24) is 14.8 Å². The van der Waals surface area contributed by atoms with Gasteiger partial charge < -0.3 is 24.8 Å². The van der Waals surface area contributed by atoms with Crippen molar-refractivity contribution in [3.8, 4) is 17.2 Å². The van der Waals surface area contributed by atoms with E-state index in [0.29, 0.717) is 41.0 Å². The van der Waals surface area contributed by atoms with Crippen LogP contribution >= 0.6 is 0 Å². The SMILES string of the molecule is COc1ccc(NC(=O)C2=C(C)Nc3ncnn3C2c2ccc(OCc3ccc(C)cc3)cc2)c(OC)c1. The second-order valence-corrected chi connectivity index (χ2v) is 8.96. The van der Waals surface area contributed by atoms with Gasteiger partial charge in [0, 0.05) is 11.8 Å². The van der Waals surface area contributed by atoms with E-state index in [1.165, 1.54) is 11.9 Å². The van der Waals surface area contributed by atoms with Crippen molar-refractivity contribution >= 4 is 17.5 Å². The van der Waals surface area contributed by atoms with E-state index in [2.05, 4.69) is 51.9 Å². The Morgan fingerprint density at radius 2 is 1.71 bits per heavy atom. The van der Waals surface area contributed by atoms with E-state index in [0.717, 1.165) is 16.9 Å². The molecule has 194 valence electrons. The maximum atomic E-state index is 13.7. The smallest absolute Gasteiger partial charge is 0.255 e. The van der Waals surface area contributed by atoms with Crippen LogP contribution < -0.4 is 24.8 Å². The third-order valence-corrected chi connectivity index (χ3v) is 6.42. The number of aryl methyl sites for hydroxylation is 1. The number of aromatic nitrogens is 3. The van der Waals surface area contributed by atoms with E-state index in [4.69, 9.17) is 14.2 Å². The van der Waals surface area contributed by atoms with E-state index in [-0.39, 0.29) is 5.91 Å². The standard InChI is InChI=1S/C29H29N5O4/c1-18-5-7-20(8-6-18)16-38-22-11-9-21(10-12-22)27-26(19(2)32-29-30-17-31-34(27)29)28(35)33-24-14-13-23(36-3)15-25(24)37-4/h5-15,17,27H,16H2,1-4H3,(H,33,35)(H,30,31,32). The zero-order valence-corrected chi connectivity index (χ0v) is 21.7. The van der Waals surface area contributed by atoms with Gasteiger partial charge in [0.25, 0.3) is 5.91 Å². The summed E-state index contributed by atoms with van der Waals surface area (Å²) in [6.07, 6.45) is 1.47. The molecule has 0 saturated carbocycles. The molecule has 1 amide bonds. The number of hydrogen-bond acceptors (Lipinski definition) is 7. The lowest BCUT2D eigenvalue weighted by Crippen LogP contribution is -2.31. The minimum atomic E-state index is -0.496. The highest BCUT2D eigenvalue weighted by molar-refractivity contribution is 6.06. The van der Waals surface area contributed by atoms with Crippen LogP contribution in [-0.2, 0) is 11.4 Å². The van der Waals surface area contributed by atoms with Crippen LogP contribution in [-0.4, -0.2) is 34.9 Å².